The van der Waals surface area contributed by atoms with Crippen LogP contribution in [0.15, 0.2) is 144 Å². The minimum absolute atomic E-state index is 0.621. The third kappa shape index (κ3) is 2.68. The number of aromatic nitrogens is 1. The van der Waals surface area contributed by atoms with Gasteiger partial charge in [0.1, 0.15) is 22.7 Å². The van der Waals surface area contributed by atoms with Crippen molar-refractivity contribution in [1.82, 2.24) is 4.57 Å². The molecule has 3 nitrogen and oxygen atoms in total. The monoisotopic (exact) mass is 527 g/mol. The minimum atomic E-state index is -0.621. The number of rotatable bonds is 2. The van der Waals surface area contributed by atoms with E-state index in [0.29, 0.717) is 0 Å². The molecule has 2 aliphatic rings. The van der Waals surface area contributed by atoms with Crippen LogP contribution < -0.4 is 4.74 Å². The zero-order chi connectivity index (χ0) is 27.3. The van der Waals surface area contributed by atoms with Gasteiger partial charge in [-0.3, -0.25) is 0 Å². The smallest absolute Gasteiger partial charge is 0.139 e. The van der Waals surface area contributed by atoms with Crippen LogP contribution in [0.25, 0.3) is 49.4 Å². The van der Waals surface area contributed by atoms with Crippen molar-refractivity contribution in [3.8, 4) is 11.4 Å². The molecule has 9 rings (SSSR count). The SMILES string of the molecule is C=C/C=C\C1=C(C)Oc2cc3oc4ccccc4c3cc2C12c1ccccc1-n1c3ccccc3c3cccc2c31. The quantitative estimate of drug-likeness (QED) is 0.209. The summed E-state index contributed by atoms with van der Waals surface area (Å²) in [5.74, 6) is 1.68. The molecule has 0 radical (unpaired) electrons. The van der Waals surface area contributed by atoms with Gasteiger partial charge < -0.3 is 13.7 Å². The number of nitrogens with zero attached hydrogens (tertiary/aromatic N) is 1. The molecular formula is C38H25NO2. The summed E-state index contributed by atoms with van der Waals surface area (Å²) in [4.78, 5) is 0. The molecule has 2 aromatic heterocycles. The fourth-order valence-corrected chi connectivity index (χ4v) is 7.45. The van der Waals surface area contributed by atoms with E-state index in [1.807, 2.05) is 24.3 Å². The van der Waals surface area contributed by atoms with E-state index in [4.69, 9.17) is 9.15 Å². The number of hydrogen-bond donors (Lipinski definition) is 0. The Bertz CT molecular complexity index is 2330. The molecule has 4 heterocycles. The van der Waals surface area contributed by atoms with E-state index in [9.17, 15) is 0 Å². The van der Waals surface area contributed by atoms with Gasteiger partial charge in [0.25, 0.3) is 0 Å². The summed E-state index contributed by atoms with van der Waals surface area (Å²) < 4.78 is 15.4. The number of furan rings is 1. The van der Waals surface area contributed by atoms with Gasteiger partial charge >= 0.3 is 0 Å². The molecule has 1 unspecified atom stereocenters. The van der Waals surface area contributed by atoms with Crippen molar-refractivity contribution in [2.24, 2.45) is 0 Å². The van der Waals surface area contributed by atoms with Gasteiger partial charge in [0.05, 0.1) is 22.1 Å². The molecule has 194 valence electrons. The topological polar surface area (TPSA) is 27.3 Å². The predicted molar refractivity (Wildman–Crippen MR) is 167 cm³/mol. The highest BCUT2D eigenvalue weighted by Crippen LogP contribution is 2.59. The fraction of sp³-hybridized carbons (Fsp3) is 0.0526. The van der Waals surface area contributed by atoms with Gasteiger partial charge in [-0.15, -0.1) is 0 Å². The van der Waals surface area contributed by atoms with Crippen LogP contribution in [0.5, 0.6) is 5.75 Å². The maximum absolute atomic E-state index is 6.66. The maximum atomic E-state index is 6.66. The Balaban J connectivity index is 1.54. The molecule has 0 bridgehead atoms. The van der Waals surface area contributed by atoms with E-state index >= 15 is 0 Å². The maximum Gasteiger partial charge on any atom is 0.139 e. The lowest BCUT2D eigenvalue weighted by atomic mass is 9.61. The molecule has 0 amide bonds. The van der Waals surface area contributed by atoms with Crippen LogP contribution >= 0.6 is 0 Å². The van der Waals surface area contributed by atoms with Gasteiger partial charge in [-0.1, -0.05) is 97.6 Å². The summed E-state index contributed by atoms with van der Waals surface area (Å²) in [5, 5.41) is 4.69. The Morgan fingerprint density at radius 2 is 1.46 bits per heavy atom. The third-order valence-electron chi connectivity index (χ3n) is 8.98. The van der Waals surface area contributed by atoms with Crippen molar-refractivity contribution in [1.29, 1.82) is 0 Å². The average Bonchev–Trinajstić information content (AvgIpc) is 3.54. The van der Waals surface area contributed by atoms with Crippen molar-refractivity contribution in [2.75, 3.05) is 0 Å². The highest BCUT2D eigenvalue weighted by atomic mass is 16.5. The lowest BCUT2D eigenvalue weighted by Gasteiger charge is -2.45. The number of benzene rings is 5. The van der Waals surface area contributed by atoms with Crippen LogP contribution in [0.2, 0.25) is 0 Å². The molecule has 2 aliphatic heterocycles. The molecule has 0 N–H and O–H groups in total. The highest BCUT2D eigenvalue weighted by molar-refractivity contribution is 6.12. The van der Waals surface area contributed by atoms with Gasteiger partial charge in [-0.25, -0.2) is 0 Å². The van der Waals surface area contributed by atoms with Crippen LogP contribution in [0.3, 0.4) is 0 Å². The number of allylic oxidation sites excluding steroid dienone is 5. The van der Waals surface area contributed by atoms with Crippen LogP contribution in [0.4, 0.5) is 0 Å². The Kier molecular flexibility index (Phi) is 4.34. The van der Waals surface area contributed by atoms with E-state index < -0.39 is 5.41 Å². The Hall–Kier alpha value is -5.28. The zero-order valence-electron chi connectivity index (χ0n) is 22.5. The molecule has 5 aromatic carbocycles. The summed E-state index contributed by atoms with van der Waals surface area (Å²) >= 11 is 0. The van der Waals surface area contributed by atoms with Crippen LogP contribution in [0.1, 0.15) is 23.6 Å². The molecule has 0 saturated heterocycles. The summed E-state index contributed by atoms with van der Waals surface area (Å²) in [6.45, 7) is 6.07. The van der Waals surface area contributed by atoms with Gasteiger partial charge in [0.15, 0.2) is 0 Å². The van der Waals surface area contributed by atoms with E-state index in [-0.39, 0.29) is 0 Å². The van der Waals surface area contributed by atoms with E-state index in [1.165, 1.54) is 38.6 Å². The van der Waals surface area contributed by atoms with Gasteiger partial charge in [0.2, 0.25) is 0 Å². The van der Waals surface area contributed by atoms with E-state index in [1.54, 1.807) is 0 Å². The molecule has 7 aromatic rings. The standard InChI is InChI=1S/C38H25NO2/c1-3-4-15-28-23(2)40-36-22-35-27(25-13-6-10-20-34(25)41-35)21-31(36)38(28)29-16-7-9-19-33(29)39-32-18-8-5-12-24(32)26-14-11-17-30(38)37(26)39/h3-22H,1H2,2H3/b15-4-. The molecule has 1 spiro atoms. The van der Waals surface area contributed by atoms with Crippen LogP contribution in [-0.4, -0.2) is 4.57 Å². The fourth-order valence-electron chi connectivity index (χ4n) is 7.45. The largest absolute Gasteiger partial charge is 0.461 e. The zero-order valence-corrected chi connectivity index (χ0v) is 22.5. The Morgan fingerprint density at radius 1 is 0.707 bits per heavy atom. The lowest BCUT2D eigenvalue weighted by Crippen LogP contribution is -2.39. The summed E-state index contributed by atoms with van der Waals surface area (Å²) in [5.41, 5.74) is 9.39. The summed E-state index contributed by atoms with van der Waals surface area (Å²) in [6, 6.07) is 37.0. The second kappa shape index (κ2) is 7.89. The van der Waals surface area contributed by atoms with Crippen molar-refractivity contribution in [3.63, 3.8) is 0 Å². The van der Waals surface area contributed by atoms with Crippen molar-refractivity contribution in [2.45, 2.75) is 12.3 Å². The molecule has 0 fully saturated rings. The number of hydrogen-bond acceptors (Lipinski definition) is 2. The first-order valence-corrected chi connectivity index (χ1v) is 14.0. The van der Waals surface area contributed by atoms with E-state index in [0.717, 1.165) is 44.6 Å². The van der Waals surface area contributed by atoms with Gasteiger partial charge in [-0.2, -0.15) is 0 Å². The third-order valence-corrected chi connectivity index (χ3v) is 8.98. The first-order chi connectivity index (χ1) is 20.2. The van der Waals surface area contributed by atoms with Crippen LogP contribution in [0, 0.1) is 0 Å². The molecule has 1 atom stereocenters. The second-order valence-corrected chi connectivity index (χ2v) is 10.9. The minimum Gasteiger partial charge on any atom is -0.461 e. The summed E-state index contributed by atoms with van der Waals surface area (Å²) in [6.07, 6.45) is 6.03. The van der Waals surface area contributed by atoms with Crippen molar-refractivity contribution >= 4 is 43.7 Å². The first-order valence-electron chi connectivity index (χ1n) is 14.0. The Labute approximate surface area is 236 Å². The Morgan fingerprint density at radius 3 is 2.37 bits per heavy atom. The van der Waals surface area contributed by atoms with E-state index in [2.05, 4.69) is 115 Å². The molecule has 41 heavy (non-hydrogen) atoms. The van der Waals surface area contributed by atoms with Gasteiger partial charge in [0, 0.05) is 38.7 Å². The molecule has 0 aliphatic carbocycles. The number of para-hydroxylation sites is 4. The molecule has 0 saturated carbocycles. The normalized spacial score (nSPS) is 17.6. The molecule has 3 heteroatoms. The number of fused-ring (bicyclic) bond motifs is 12. The average molecular weight is 528 g/mol. The summed E-state index contributed by atoms with van der Waals surface area (Å²) in [7, 11) is 0. The van der Waals surface area contributed by atoms with Crippen molar-refractivity contribution < 1.29 is 9.15 Å². The lowest BCUT2D eigenvalue weighted by molar-refractivity contribution is 0.386. The predicted octanol–water partition coefficient (Wildman–Crippen LogP) is 9.74. The first kappa shape index (κ1) is 22.5. The molecular weight excluding hydrogens is 502 g/mol. The second-order valence-electron chi connectivity index (χ2n) is 10.9. The highest BCUT2D eigenvalue weighted by Gasteiger charge is 2.50. The van der Waals surface area contributed by atoms with Crippen LogP contribution in [-0.2, 0) is 5.41 Å². The van der Waals surface area contributed by atoms with Gasteiger partial charge in [-0.05, 0) is 42.3 Å². The van der Waals surface area contributed by atoms with Crippen molar-refractivity contribution in [3.05, 3.63) is 156 Å². The number of ether oxygens (including phenoxy) is 1.